The summed E-state index contributed by atoms with van der Waals surface area (Å²) in [5.74, 6) is -0.187. The van der Waals surface area contributed by atoms with E-state index >= 15 is 0 Å². The number of sulfonamides is 1. The Morgan fingerprint density at radius 3 is 2.67 bits per heavy atom. The van der Waals surface area contributed by atoms with Crippen LogP contribution in [0.2, 0.25) is 5.02 Å². The topological polar surface area (TPSA) is 101 Å². The monoisotopic (exact) mass is 293 g/mol. The Labute approximate surface area is 109 Å². The van der Waals surface area contributed by atoms with Gasteiger partial charge in [0.1, 0.15) is 5.69 Å². The molecule has 2 N–H and O–H groups in total. The van der Waals surface area contributed by atoms with Gasteiger partial charge in [0.05, 0.1) is 10.7 Å². The molecule has 0 radical (unpaired) electrons. The highest BCUT2D eigenvalue weighted by Crippen LogP contribution is 2.27. The molecule has 0 aromatic heterocycles. The molecule has 0 aliphatic rings. The van der Waals surface area contributed by atoms with Gasteiger partial charge in [-0.1, -0.05) is 11.6 Å². The molecule has 9 heteroatoms. The number of nitrogens with one attached hydrogen (secondary N) is 2. The van der Waals surface area contributed by atoms with Gasteiger partial charge in [0.2, 0.25) is 10.0 Å². The number of halogens is 1. The van der Waals surface area contributed by atoms with Crippen LogP contribution in [0, 0.1) is 10.1 Å². The van der Waals surface area contributed by atoms with Gasteiger partial charge in [-0.15, -0.1) is 0 Å². The summed E-state index contributed by atoms with van der Waals surface area (Å²) in [7, 11) is -2.05. The van der Waals surface area contributed by atoms with Crippen molar-refractivity contribution in [3.8, 4) is 0 Å². The van der Waals surface area contributed by atoms with Crippen LogP contribution in [0.15, 0.2) is 18.2 Å². The molecule has 0 heterocycles. The third-order valence-electron chi connectivity index (χ3n) is 2.15. The average Bonchev–Trinajstić information content (AvgIpc) is 2.28. The van der Waals surface area contributed by atoms with Crippen molar-refractivity contribution in [2.45, 2.75) is 0 Å². The van der Waals surface area contributed by atoms with Gasteiger partial charge in [-0.3, -0.25) is 10.1 Å². The van der Waals surface area contributed by atoms with E-state index in [1.54, 1.807) is 0 Å². The molecule has 0 saturated heterocycles. The van der Waals surface area contributed by atoms with Gasteiger partial charge in [0.15, 0.2) is 0 Å². The van der Waals surface area contributed by atoms with Crippen molar-refractivity contribution in [3.05, 3.63) is 33.3 Å². The summed E-state index contributed by atoms with van der Waals surface area (Å²) >= 11 is 5.72. The Morgan fingerprint density at radius 2 is 2.11 bits per heavy atom. The number of nitro benzene ring substituents is 1. The van der Waals surface area contributed by atoms with Crippen molar-refractivity contribution in [1.29, 1.82) is 0 Å². The predicted octanol–water partition coefficient (Wildman–Crippen LogP) is 1.21. The highest BCUT2D eigenvalue weighted by molar-refractivity contribution is 7.89. The molecule has 0 fully saturated rings. The smallest absolute Gasteiger partial charge is 0.292 e. The lowest BCUT2D eigenvalue weighted by atomic mass is 10.2. The Bertz CT molecular complexity index is 547. The molecule has 1 aromatic carbocycles. The highest BCUT2D eigenvalue weighted by atomic mass is 35.5. The summed E-state index contributed by atoms with van der Waals surface area (Å²) < 4.78 is 24.5. The molecule has 0 atom stereocenters. The molecular formula is C9H12ClN3O4S. The Kier molecular flexibility index (Phi) is 4.88. The fourth-order valence-electron chi connectivity index (χ4n) is 1.23. The van der Waals surface area contributed by atoms with Gasteiger partial charge in [-0.05, 0) is 19.2 Å². The molecule has 0 saturated carbocycles. The van der Waals surface area contributed by atoms with Crippen LogP contribution >= 0.6 is 11.6 Å². The zero-order valence-electron chi connectivity index (χ0n) is 9.51. The van der Waals surface area contributed by atoms with E-state index in [1.165, 1.54) is 25.2 Å². The first-order valence-corrected chi connectivity index (χ1v) is 6.98. The van der Waals surface area contributed by atoms with Crippen molar-refractivity contribution >= 4 is 33.0 Å². The van der Waals surface area contributed by atoms with E-state index in [1.807, 2.05) is 0 Å². The normalized spacial score (nSPS) is 11.2. The van der Waals surface area contributed by atoms with E-state index < -0.39 is 14.9 Å². The second-order valence-corrected chi connectivity index (χ2v) is 5.85. The largest absolute Gasteiger partial charge is 0.378 e. The first kappa shape index (κ1) is 14.7. The highest BCUT2D eigenvalue weighted by Gasteiger charge is 2.14. The van der Waals surface area contributed by atoms with Crippen LogP contribution in [0.1, 0.15) is 0 Å². The second-order valence-electron chi connectivity index (χ2n) is 3.37. The van der Waals surface area contributed by atoms with Crippen LogP contribution in [-0.4, -0.2) is 32.7 Å². The van der Waals surface area contributed by atoms with Gasteiger partial charge in [-0.25, -0.2) is 13.1 Å². The predicted molar refractivity (Wildman–Crippen MR) is 69.4 cm³/mol. The van der Waals surface area contributed by atoms with Crippen LogP contribution in [0.25, 0.3) is 0 Å². The van der Waals surface area contributed by atoms with Gasteiger partial charge in [0, 0.05) is 17.6 Å². The number of hydrogen-bond acceptors (Lipinski definition) is 5. The summed E-state index contributed by atoms with van der Waals surface area (Å²) in [5.41, 5.74) is 0.0417. The molecule has 7 nitrogen and oxygen atoms in total. The van der Waals surface area contributed by atoms with Gasteiger partial charge < -0.3 is 5.32 Å². The Morgan fingerprint density at radius 1 is 1.44 bits per heavy atom. The van der Waals surface area contributed by atoms with Crippen LogP contribution < -0.4 is 10.0 Å². The number of anilines is 1. The molecular weight excluding hydrogens is 282 g/mol. The van der Waals surface area contributed by atoms with E-state index in [4.69, 9.17) is 11.6 Å². The third-order valence-corrected chi connectivity index (χ3v) is 3.75. The molecule has 0 bridgehead atoms. The zero-order chi connectivity index (χ0) is 13.8. The van der Waals surface area contributed by atoms with Gasteiger partial charge in [-0.2, -0.15) is 0 Å². The molecule has 0 aliphatic heterocycles. The molecule has 18 heavy (non-hydrogen) atoms. The van der Waals surface area contributed by atoms with E-state index in [2.05, 4.69) is 10.0 Å². The van der Waals surface area contributed by atoms with Crippen molar-refractivity contribution < 1.29 is 13.3 Å². The van der Waals surface area contributed by atoms with E-state index in [0.717, 1.165) is 0 Å². The lowest BCUT2D eigenvalue weighted by Gasteiger charge is -2.07. The Balaban J connectivity index is 2.78. The molecule has 0 amide bonds. The van der Waals surface area contributed by atoms with E-state index in [-0.39, 0.29) is 23.7 Å². The van der Waals surface area contributed by atoms with Crippen LogP contribution in [0.3, 0.4) is 0 Å². The number of hydrogen-bond donors (Lipinski definition) is 2. The van der Waals surface area contributed by atoms with Crippen molar-refractivity contribution in [2.24, 2.45) is 0 Å². The summed E-state index contributed by atoms with van der Waals surface area (Å²) in [6.07, 6.45) is 0. The fourth-order valence-corrected chi connectivity index (χ4v) is 1.98. The summed E-state index contributed by atoms with van der Waals surface area (Å²) in [5, 5.41) is 13.8. The molecule has 1 aromatic rings. The van der Waals surface area contributed by atoms with Crippen LogP contribution in [-0.2, 0) is 10.0 Å². The first-order valence-electron chi connectivity index (χ1n) is 4.95. The van der Waals surface area contributed by atoms with Crippen molar-refractivity contribution in [3.63, 3.8) is 0 Å². The minimum atomic E-state index is -3.35. The summed E-state index contributed by atoms with van der Waals surface area (Å²) in [6.45, 7) is 0.0460. The van der Waals surface area contributed by atoms with Crippen molar-refractivity contribution in [1.82, 2.24) is 4.72 Å². The maximum absolute atomic E-state index is 11.2. The van der Waals surface area contributed by atoms with Crippen LogP contribution in [0.5, 0.6) is 0 Å². The standard InChI is InChI=1S/C9H12ClN3O4S/c1-11-18(16,17)5-4-12-8-6-7(10)2-3-9(8)13(14)15/h2-3,6,11-12H,4-5H2,1H3. The van der Waals surface area contributed by atoms with Crippen LogP contribution in [0.4, 0.5) is 11.4 Å². The molecule has 0 spiro atoms. The van der Waals surface area contributed by atoms with Gasteiger partial charge >= 0.3 is 0 Å². The van der Waals surface area contributed by atoms with E-state index in [9.17, 15) is 18.5 Å². The lowest BCUT2D eigenvalue weighted by molar-refractivity contribution is -0.384. The quantitative estimate of drug-likeness (QED) is 0.606. The summed E-state index contributed by atoms with van der Waals surface area (Å²) in [4.78, 5) is 10.2. The van der Waals surface area contributed by atoms with Gasteiger partial charge in [0.25, 0.3) is 5.69 Å². The minimum Gasteiger partial charge on any atom is -0.378 e. The number of benzene rings is 1. The molecule has 0 aliphatic carbocycles. The number of nitro groups is 1. The SMILES string of the molecule is CNS(=O)(=O)CCNc1cc(Cl)ccc1[N+](=O)[O-]. The zero-order valence-corrected chi connectivity index (χ0v) is 11.1. The molecule has 1 rings (SSSR count). The minimum absolute atomic E-state index is 0.0460. The maximum Gasteiger partial charge on any atom is 0.292 e. The summed E-state index contributed by atoms with van der Waals surface area (Å²) in [6, 6.07) is 4.04. The maximum atomic E-state index is 11.2. The second kappa shape index (κ2) is 5.98. The molecule has 100 valence electrons. The fraction of sp³-hybridized carbons (Fsp3) is 0.333. The van der Waals surface area contributed by atoms with E-state index in [0.29, 0.717) is 5.02 Å². The molecule has 0 unspecified atom stereocenters. The number of nitrogens with zero attached hydrogens (tertiary/aromatic N) is 1. The van der Waals surface area contributed by atoms with Crippen molar-refractivity contribution in [2.75, 3.05) is 24.7 Å². The third kappa shape index (κ3) is 4.13. The Hall–Kier alpha value is -1.38. The average molecular weight is 294 g/mol. The lowest BCUT2D eigenvalue weighted by Crippen LogP contribution is -2.26. The number of rotatable bonds is 6. The first-order chi connectivity index (χ1) is 8.35.